The Morgan fingerprint density at radius 1 is 1.42 bits per heavy atom. The third-order valence-electron chi connectivity index (χ3n) is 4.98. The molecule has 0 radical (unpaired) electrons. The van der Waals surface area contributed by atoms with E-state index in [1.807, 2.05) is 0 Å². The van der Waals surface area contributed by atoms with Gasteiger partial charge in [0.1, 0.15) is 0 Å². The molecule has 2 aliphatic rings. The summed E-state index contributed by atoms with van der Waals surface area (Å²) >= 11 is 0. The number of hydrogen-bond donors (Lipinski definition) is 2. The smallest absolute Gasteiger partial charge is 0.224 e. The Balaban J connectivity index is 1.93. The number of nitrogens with two attached hydrogens (primary N) is 1. The van der Waals surface area contributed by atoms with Crippen LogP contribution in [0.25, 0.3) is 0 Å². The van der Waals surface area contributed by atoms with Crippen molar-refractivity contribution in [2.75, 3.05) is 6.54 Å². The van der Waals surface area contributed by atoms with Gasteiger partial charge in [0.25, 0.3) is 0 Å². The van der Waals surface area contributed by atoms with Crippen LogP contribution in [-0.2, 0) is 4.79 Å². The Morgan fingerprint density at radius 2 is 2.26 bits per heavy atom. The summed E-state index contributed by atoms with van der Waals surface area (Å²) < 4.78 is 0. The zero-order valence-electron chi connectivity index (χ0n) is 12.2. The molecule has 2 rings (SSSR count). The van der Waals surface area contributed by atoms with Crippen molar-refractivity contribution < 1.29 is 4.79 Å². The first-order chi connectivity index (χ1) is 9.16. The van der Waals surface area contributed by atoms with Crippen LogP contribution in [0.1, 0.15) is 64.7 Å². The maximum absolute atomic E-state index is 12.3. The van der Waals surface area contributed by atoms with Crippen LogP contribution in [0.5, 0.6) is 0 Å². The normalized spacial score (nSPS) is 31.7. The quantitative estimate of drug-likeness (QED) is 0.767. The van der Waals surface area contributed by atoms with E-state index in [0.717, 1.165) is 19.3 Å². The molecule has 3 N–H and O–H groups in total. The molecule has 2 unspecified atom stereocenters. The average molecular weight is 264 g/mol. The van der Waals surface area contributed by atoms with Gasteiger partial charge in [-0.2, -0.15) is 0 Å². The molecule has 1 saturated carbocycles. The molecule has 2 aliphatic carbocycles. The number of carbonyl (C=O) groups is 1. The van der Waals surface area contributed by atoms with Gasteiger partial charge in [-0.25, -0.2) is 0 Å². The van der Waals surface area contributed by atoms with E-state index in [-0.39, 0.29) is 11.4 Å². The highest BCUT2D eigenvalue weighted by Gasteiger charge is 2.38. The molecule has 19 heavy (non-hydrogen) atoms. The summed E-state index contributed by atoms with van der Waals surface area (Å²) in [5, 5.41) is 3.27. The Hall–Kier alpha value is -0.830. The van der Waals surface area contributed by atoms with E-state index < -0.39 is 0 Å². The van der Waals surface area contributed by atoms with Crippen LogP contribution in [0.3, 0.4) is 0 Å². The summed E-state index contributed by atoms with van der Waals surface area (Å²) in [5.41, 5.74) is 7.15. The van der Waals surface area contributed by atoms with Crippen molar-refractivity contribution in [3.8, 4) is 0 Å². The molecule has 3 heteroatoms. The molecule has 1 fully saturated rings. The molecule has 0 aromatic carbocycles. The summed E-state index contributed by atoms with van der Waals surface area (Å²) in [5.74, 6) is 0.669. The lowest BCUT2D eigenvalue weighted by Crippen LogP contribution is -2.59. The molecule has 2 atom stereocenters. The predicted octanol–water partition coefficient (Wildman–Crippen LogP) is 2.90. The zero-order valence-corrected chi connectivity index (χ0v) is 12.2. The molecule has 0 aliphatic heterocycles. The van der Waals surface area contributed by atoms with Gasteiger partial charge in [-0.3, -0.25) is 4.79 Å². The van der Waals surface area contributed by atoms with E-state index in [2.05, 4.69) is 18.3 Å². The first kappa shape index (κ1) is 14.6. The van der Waals surface area contributed by atoms with Crippen LogP contribution >= 0.6 is 0 Å². The number of allylic oxidation sites excluding steroid dienone is 1. The van der Waals surface area contributed by atoms with E-state index in [0.29, 0.717) is 18.9 Å². The number of hydrogen-bond acceptors (Lipinski definition) is 2. The second-order valence-electron chi connectivity index (χ2n) is 6.34. The summed E-state index contributed by atoms with van der Waals surface area (Å²) in [6.07, 6.45) is 12.2. The lowest BCUT2D eigenvalue weighted by Gasteiger charge is -2.42. The third-order valence-corrected chi connectivity index (χ3v) is 4.98. The highest BCUT2D eigenvalue weighted by atomic mass is 16.1. The topological polar surface area (TPSA) is 55.1 Å². The molecule has 3 nitrogen and oxygen atoms in total. The van der Waals surface area contributed by atoms with E-state index in [1.54, 1.807) is 0 Å². The van der Waals surface area contributed by atoms with Crippen LogP contribution in [0.4, 0.5) is 0 Å². The molecule has 0 aromatic rings. The van der Waals surface area contributed by atoms with Gasteiger partial charge in [0.2, 0.25) is 5.91 Å². The van der Waals surface area contributed by atoms with Gasteiger partial charge in [0.05, 0.1) is 5.54 Å². The van der Waals surface area contributed by atoms with E-state index >= 15 is 0 Å². The molecular weight excluding hydrogens is 236 g/mol. The van der Waals surface area contributed by atoms with Crippen molar-refractivity contribution >= 4 is 5.91 Å². The van der Waals surface area contributed by atoms with Crippen LogP contribution < -0.4 is 11.1 Å². The highest BCUT2D eigenvalue weighted by Crippen LogP contribution is 2.33. The molecule has 108 valence electrons. The lowest BCUT2D eigenvalue weighted by atomic mass is 9.73. The largest absolute Gasteiger partial charge is 0.349 e. The van der Waals surface area contributed by atoms with E-state index in [4.69, 9.17) is 5.73 Å². The van der Waals surface area contributed by atoms with Crippen molar-refractivity contribution in [3.05, 3.63) is 11.6 Å². The number of rotatable bonds is 4. The Bertz CT molecular complexity index is 351. The third kappa shape index (κ3) is 3.59. The van der Waals surface area contributed by atoms with Crippen LogP contribution in [-0.4, -0.2) is 18.0 Å². The van der Waals surface area contributed by atoms with Crippen molar-refractivity contribution in [1.29, 1.82) is 0 Å². The minimum absolute atomic E-state index is 0.148. The van der Waals surface area contributed by atoms with Gasteiger partial charge in [-0.05, 0) is 44.4 Å². The van der Waals surface area contributed by atoms with E-state index in [9.17, 15) is 4.79 Å². The fourth-order valence-corrected chi connectivity index (χ4v) is 3.55. The van der Waals surface area contributed by atoms with Crippen LogP contribution in [0.15, 0.2) is 11.6 Å². The maximum atomic E-state index is 12.3. The van der Waals surface area contributed by atoms with Crippen molar-refractivity contribution in [2.45, 2.75) is 70.3 Å². The van der Waals surface area contributed by atoms with Crippen molar-refractivity contribution in [3.63, 3.8) is 0 Å². The van der Waals surface area contributed by atoms with Crippen LogP contribution in [0, 0.1) is 5.92 Å². The first-order valence-corrected chi connectivity index (χ1v) is 7.85. The van der Waals surface area contributed by atoms with Crippen molar-refractivity contribution in [1.82, 2.24) is 5.32 Å². The predicted molar refractivity (Wildman–Crippen MR) is 78.7 cm³/mol. The fraction of sp³-hybridized carbons (Fsp3) is 0.812. The summed E-state index contributed by atoms with van der Waals surface area (Å²) in [4.78, 5) is 12.3. The second-order valence-corrected chi connectivity index (χ2v) is 6.34. The van der Waals surface area contributed by atoms with Gasteiger partial charge < -0.3 is 11.1 Å². The van der Waals surface area contributed by atoms with Crippen LogP contribution in [0.2, 0.25) is 0 Å². The summed E-state index contributed by atoms with van der Waals surface area (Å²) in [6.45, 7) is 2.80. The Labute approximate surface area is 117 Å². The summed E-state index contributed by atoms with van der Waals surface area (Å²) in [7, 11) is 0. The molecule has 0 spiro atoms. The minimum Gasteiger partial charge on any atom is -0.349 e. The lowest BCUT2D eigenvalue weighted by molar-refractivity contribution is -0.123. The van der Waals surface area contributed by atoms with Gasteiger partial charge in [-0.1, -0.05) is 31.4 Å². The molecule has 0 heterocycles. The zero-order chi connectivity index (χ0) is 13.7. The molecular formula is C16H28N2O. The number of nitrogens with one attached hydrogen (secondary N) is 1. The van der Waals surface area contributed by atoms with E-state index in [1.165, 1.54) is 37.7 Å². The first-order valence-electron chi connectivity index (χ1n) is 7.85. The fourth-order valence-electron chi connectivity index (χ4n) is 3.55. The van der Waals surface area contributed by atoms with Gasteiger partial charge >= 0.3 is 0 Å². The van der Waals surface area contributed by atoms with Gasteiger partial charge in [0.15, 0.2) is 0 Å². The number of carbonyl (C=O) groups excluding carboxylic acids is 1. The minimum atomic E-state index is -0.148. The highest BCUT2D eigenvalue weighted by molar-refractivity contribution is 5.79. The van der Waals surface area contributed by atoms with Crippen molar-refractivity contribution in [2.24, 2.45) is 11.7 Å². The Kier molecular flexibility index (Phi) is 5.03. The standard InChI is InChI=1S/C16H28N2O/c1-13-7-5-6-10-16(13,12-17)18-15(19)11-14-8-3-2-4-9-14/h8,13H,2-7,9-12,17H2,1H3,(H,18,19). The SMILES string of the molecule is CC1CCCCC1(CN)NC(=O)CC1=CCCCC1. The molecule has 1 amide bonds. The van der Waals surface area contributed by atoms with Gasteiger partial charge in [-0.15, -0.1) is 0 Å². The second kappa shape index (κ2) is 6.56. The summed E-state index contributed by atoms with van der Waals surface area (Å²) in [6, 6.07) is 0. The van der Waals surface area contributed by atoms with Gasteiger partial charge in [0, 0.05) is 13.0 Å². The maximum Gasteiger partial charge on any atom is 0.224 e. The molecule has 0 bridgehead atoms. The number of amides is 1. The molecule has 0 saturated heterocycles. The monoisotopic (exact) mass is 264 g/mol. The molecule has 0 aromatic heterocycles. The Morgan fingerprint density at radius 3 is 2.89 bits per heavy atom. The average Bonchev–Trinajstić information content (AvgIpc) is 2.42.